The second-order valence-electron chi connectivity index (χ2n) is 4.94. The van der Waals surface area contributed by atoms with Crippen LogP contribution in [0.15, 0.2) is 11.8 Å². The molecule has 1 heterocycles. The maximum atomic E-state index is 11.4. The molecule has 1 aliphatic heterocycles. The van der Waals surface area contributed by atoms with Crippen LogP contribution in [0.2, 0.25) is 0 Å². The van der Waals surface area contributed by atoms with Crippen LogP contribution in [0, 0.1) is 0 Å². The average molecular weight is 270 g/mol. The van der Waals surface area contributed by atoms with Crippen molar-refractivity contribution in [1.82, 2.24) is 10.2 Å². The molecule has 0 fully saturated rings. The molecule has 18 heavy (non-hydrogen) atoms. The number of hydrogen-bond donors (Lipinski definition) is 1. The first-order valence-corrected chi connectivity index (χ1v) is 6.17. The second-order valence-corrected chi connectivity index (χ2v) is 5.41. The normalized spacial score (nSPS) is 15.1. The van der Waals surface area contributed by atoms with Gasteiger partial charge in [0.2, 0.25) is 0 Å². The molecule has 1 N–H and O–H groups in total. The fraction of sp³-hybridized carbons (Fsp3) is 0.583. The first-order valence-electron chi connectivity index (χ1n) is 5.76. The lowest BCUT2D eigenvalue weighted by atomic mass is 10.2. The van der Waals surface area contributed by atoms with Gasteiger partial charge in [0.15, 0.2) is 6.29 Å². The minimum absolute atomic E-state index is 0.190. The number of allylic oxidation sites excluding steroid dienone is 1. The van der Waals surface area contributed by atoms with Crippen molar-refractivity contribution < 1.29 is 14.3 Å². The van der Waals surface area contributed by atoms with E-state index in [1.807, 2.05) is 6.08 Å². The molecule has 0 aromatic heterocycles. The SMILES string of the molecule is CC(C)(C)OC(=O)NCC(=S)N1CCC=C1C=O. The van der Waals surface area contributed by atoms with Gasteiger partial charge in [-0.3, -0.25) is 4.79 Å². The Hall–Kier alpha value is -1.43. The Morgan fingerprint density at radius 3 is 2.83 bits per heavy atom. The average Bonchev–Trinajstić information content (AvgIpc) is 2.71. The molecule has 1 aliphatic rings. The topological polar surface area (TPSA) is 58.6 Å². The number of ether oxygens (including phenoxy) is 1. The molecule has 0 bridgehead atoms. The molecular weight excluding hydrogens is 252 g/mol. The van der Waals surface area contributed by atoms with Crippen molar-refractivity contribution in [3.63, 3.8) is 0 Å². The predicted octanol–water partition coefficient (Wildman–Crippen LogP) is 1.63. The molecule has 5 nitrogen and oxygen atoms in total. The first kappa shape index (κ1) is 14.6. The van der Waals surface area contributed by atoms with Gasteiger partial charge in [-0.05, 0) is 27.2 Å². The second kappa shape index (κ2) is 5.95. The lowest BCUT2D eigenvalue weighted by Gasteiger charge is -2.22. The number of carbonyl (C=O) groups excluding carboxylic acids is 2. The van der Waals surface area contributed by atoms with Crippen LogP contribution in [0.1, 0.15) is 27.2 Å². The van der Waals surface area contributed by atoms with Gasteiger partial charge >= 0.3 is 6.09 Å². The molecule has 0 spiro atoms. The van der Waals surface area contributed by atoms with Crippen LogP contribution < -0.4 is 5.32 Å². The van der Waals surface area contributed by atoms with Crippen LogP contribution in [0.25, 0.3) is 0 Å². The van der Waals surface area contributed by atoms with Crippen molar-refractivity contribution >= 4 is 29.6 Å². The van der Waals surface area contributed by atoms with E-state index in [9.17, 15) is 9.59 Å². The van der Waals surface area contributed by atoms with Crippen molar-refractivity contribution in [3.05, 3.63) is 11.8 Å². The van der Waals surface area contributed by atoms with Crippen LogP contribution in [0.3, 0.4) is 0 Å². The van der Waals surface area contributed by atoms with Gasteiger partial charge in [0, 0.05) is 6.54 Å². The molecule has 0 aliphatic carbocycles. The van der Waals surface area contributed by atoms with Crippen LogP contribution in [0.5, 0.6) is 0 Å². The monoisotopic (exact) mass is 270 g/mol. The Balaban J connectivity index is 2.40. The summed E-state index contributed by atoms with van der Waals surface area (Å²) in [4.78, 5) is 24.4. The predicted molar refractivity (Wildman–Crippen MR) is 72.3 cm³/mol. The van der Waals surface area contributed by atoms with Crippen LogP contribution >= 0.6 is 12.2 Å². The number of amides is 1. The van der Waals surface area contributed by atoms with Crippen LogP contribution in [0.4, 0.5) is 4.79 Å². The highest BCUT2D eigenvalue weighted by Gasteiger charge is 2.20. The maximum Gasteiger partial charge on any atom is 0.408 e. The van der Waals surface area contributed by atoms with Gasteiger partial charge in [-0.25, -0.2) is 4.79 Å². The molecule has 100 valence electrons. The van der Waals surface area contributed by atoms with Gasteiger partial charge in [0.25, 0.3) is 0 Å². The van der Waals surface area contributed by atoms with Crippen molar-refractivity contribution in [2.24, 2.45) is 0 Å². The molecule has 0 aromatic rings. The molecular formula is C12H18N2O3S. The zero-order valence-corrected chi connectivity index (χ0v) is 11.7. The Morgan fingerprint density at radius 1 is 1.61 bits per heavy atom. The van der Waals surface area contributed by atoms with Crippen molar-refractivity contribution in [1.29, 1.82) is 0 Å². The lowest BCUT2D eigenvalue weighted by Crippen LogP contribution is -2.40. The summed E-state index contributed by atoms with van der Waals surface area (Å²) in [7, 11) is 0. The zero-order chi connectivity index (χ0) is 13.8. The van der Waals surface area contributed by atoms with Crippen LogP contribution in [-0.4, -0.2) is 41.0 Å². The van der Waals surface area contributed by atoms with E-state index < -0.39 is 11.7 Å². The number of aldehydes is 1. The summed E-state index contributed by atoms with van der Waals surface area (Å²) >= 11 is 5.17. The Morgan fingerprint density at radius 2 is 2.28 bits per heavy atom. The fourth-order valence-electron chi connectivity index (χ4n) is 1.52. The van der Waals surface area contributed by atoms with Gasteiger partial charge in [-0.1, -0.05) is 18.3 Å². The largest absolute Gasteiger partial charge is 0.444 e. The summed E-state index contributed by atoms with van der Waals surface area (Å²) in [6.45, 7) is 6.24. The van der Waals surface area contributed by atoms with E-state index in [1.165, 1.54) is 0 Å². The first-order chi connectivity index (χ1) is 8.33. The van der Waals surface area contributed by atoms with Crippen molar-refractivity contribution in [3.8, 4) is 0 Å². The summed E-state index contributed by atoms with van der Waals surface area (Å²) in [5.74, 6) is 0. The van der Waals surface area contributed by atoms with Gasteiger partial charge in [0.1, 0.15) is 10.6 Å². The van der Waals surface area contributed by atoms with Crippen molar-refractivity contribution in [2.75, 3.05) is 13.1 Å². The molecule has 0 unspecified atom stereocenters. The minimum Gasteiger partial charge on any atom is -0.444 e. The van der Waals surface area contributed by atoms with E-state index in [0.717, 1.165) is 12.7 Å². The number of nitrogens with zero attached hydrogens (tertiary/aromatic N) is 1. The van der Waals surface area contributed by atoms with E-state index in [2.05, 4.69) is 5.32 Å². The molecule has 0 atom stereocenters. The third-order valence-electron chi connectivity index (χ3n) is 2.22. The minimum atomic E-state index is -0.535. The Kier molecular flexibility index (Phi) is 4.84. The summed E-state index contributed by atoms with van der Waals surface area (Å²) in [6.07, 6.45) is 2.88. The summed E-state index contributed by atoms with van der Waals surface area (Å²) in [6, 6.07) is 0. The number of alkyl carbamates (subject to hydrolysis) is 1. The number of rotatable bonds is 3. The molecule has 0 saturated heterocycles. The maximum absolute atomic E-state index is 11.4. The number of nitrogens with one attached hydrogen (secondary N) is 1. The molecule has 0 saturated carbocycles. The molecule has 0 aromatic carbocycles. The van der Waals surface area contributed by atoms with Gasteiger partial charge in [0.05, 0.1) is 12.2 Å². The highest BCUT2D eigenvalue weighted by molar-refractivity contribution is 7.80. The third-order valence-corrected chi connectivity index (χ3v) is 2.59. The van der Waals surface area contributed by atoms with Gasteiger partial charge < -0.3 is 15.0 Å². The number of carbonyl (C=O) groups is 2. The smallest absolute Gasteiger partial charge is 0.408 e. The summed E-state index contributed by atoms with van der Waals surface area (Å²) in [5, 5.41) is 2.57. The number of thiocarbonyl (C=S) groups is 1. The fourth-order valence-corrected chi connectivity index (χ4v) is 1.79. The zero-order valence-electron chi connectivity index (χ0n) is 10.9. The van der Waals surface area contributed by atoms with Gasteiger partial charge in [-0.2, -0.15) is 0 Å². The highest BCUT2D eigenvalue weighted by atomic mass is 32.1. The molecule has 0 radical (unpaired) electrons. The highest BCUT2D eigenvalue weighted by Crippen LogP contribution is 2.13. The Labute approximate surface area is 112 Å². The Bertz CT molecular complexity index is 385. The summed E-state index contributed by atoms with van der Waals surface area (Å²) < 4.78 is 5.09. The van der Waals surface area contributed by atoms with E-state index in [1.54, 1.807) is 25.7 Å². The third kappa shape index (κ3) is 4.44. The van der Waals surface area contributed by atoms with Gasteiger partial charge in [-0.15, -0.1) is 0 Å². The van der Waals surface area contributed by atoms with E-state index >= 15 is 0 Å². The van der Waals surface area contributed by atoms with Crippen LogP contribution in [-0.2, 0) is 9.53 Å². The quantitative estimate of drug-likeness (QED) is 0.624. The standard InChI is InChI=1S/C12H18N2O3S/c1-12(2,3)17-11(16)13-7-10(18)14-6-4-5-9(14)8-15/h5,8H,4,6-7H2,1-3H3,(H,13,16). The number of hydrogen-bond acceptors (Lipinski definition) is 4. The van der Waals surface area contributed by atoms with E-state index in [0.29, 0.717) is 17.2 Å². The molecule has 1 amide bonds. The molecule has 6 heteroatoms. The lowest BCUT2D eigenvalue weighted by molar-refractivity contribution is -0.105. The summed E-state index contributed by atoms with van der Waals surface area (Å²) in [5.41, 5.74) is 0.0266. The van der Waals surface area contributed by atoms with E-state index in [4.69, 9.17) is 17.0 Å². The van der Waals surface area contributed by atoms with E-state index in [-0.39, 0.29) is 6.54 Å². The van der Waals surface area contributed by atoms with Crippen molar-refractivity contribution in [2.45, 2.75) is 32.8 Å². The molecule has 1 rings (SSSR count).